The summed E-state index contributed by atoms with van der Waals surface area (Å²) in [7, 11) is 1.73. The molecule has 1 heterocycles. The average Bonchev–Trinajstić information content (AvgIpc) is 2.36. The van der Waals surface area contributed by atoms with Crippen molar-refractivity contribution in [3.63, 3.8) is 0 Å². The third-order valence-corrected chi connectivity index (χ3v) is 3.09. The number of carbonyl (C=O) groups is 1. The zero-order valence-corrected chi connectivity index (χ0v) is 12.5. The molecule has 1 unspecified atom stereocenters. The van der Waals surface area contributed by atoms with Gasteiger partial charge in [-0.2, -0.15) is 0 Å². The van der Waals surface area contributed by atoms with Crippen molar-refractivity contribution in [1.29, 1.82) is 0 Å². The first-order valence-electron chi connectivity index (χ1n) is 6.58. The molecule has 4 heteroatoms. The Labute approximate surface area is 115 Å². The number of pyridine rings is 1. The van der Waals surface area contributed by atoms with E-state index in [4.69, 9.17) is 5.11 Å². The molecule has 19 heavy (non-hydrogen) atoms. The molecule has 0 saturated heterocycles. The molecule has 1 aromatic heterocycles. The van der Waals surface area contributed by atoms with Crippen molar-refractivity contribution in [2.75, 3.05) is 20.2 Å². The van der Waals surface area contributed by atoms with Crippen molar-refractivity contribution < 1.29 is 9.90 Å². The van der Waals surface area contributed by atoms with Crippen LogP contribution in [0, 0.1) is 5.92 Å². The van der Waals surface area contributed by atoms with Crippen molar-refractivity contribution in [1.82, 2.24) is 9.88 Å². The van der Waals surface area contributed by atoms with E-state index >= 15 is 0 Å². The lowest BCUT2D eigenvalue weighted by atomic mass is 9.88. The minimum Gasteiger partial charge on any atom is -0.396 e. The summed E-state index contributed by atoms with van der Waals surface area (Å²) in [6.07, 6.45) is 1.76. The van der Waals surface area contributed by atoms with Gasteiger partial charge in [-0.15, -0.1) is 0 Å². The lowest BCUT2D eigenvalue weighted by Crippen LogP contribution is -2.32. The molecule has 0 saturated carbocycles. The van der Waals surface area contributed by atoms with E-state index in [2.05, 4.69) is 25.8 Å². The second-order valence-corrected chi connectivity index (χ2v) is 6.16. The molecular weight excluding hydrogens is 240 g/mol. The van der Waals surface area contributed by atoms with Crippen LogP contribution in [0.4, 0.5) is 0 Å². The number of hydrogen-bond acceptors (Lipinski definition) is 3. The highest BCUT2D eigenvalue weighted by molar-refractivity contribution is 5.92. The minimum absolute atomic E-state index is 0.0336. The molecule has 1 aromatic rings. The van der Waals surface area contributed by atoms with Gasteiger partial charge in [0.2, 0.25) is 0 Å². The summed E-state index contributed by atoms with van der Waals surface area (Å²) in [4.78, 5) is 18.0. The third kappa shape index (κ3) is 4.31. The molecular formula is C15H24N2O2. The number of hydrogen-bond donors (Lipinski definition) is 1. The van der Waals surface area contributed by atoms with Crippen LogP contribution in [0.2, 0.25) is 0 Å². The molecule has 0 aliphatic heterocycles. The van der Waals surface area contributed by atoms with Gasteiger partial charge in [-0.25, -0.2) is 0 Å². The predicted molar refractivity (Wildman–Crippen MR) is 76.1 cm³/mol. The summed E-state index contributed by atoms with van der Waals surface area (Å²) < 4.78 is 0. The molecule has 0 aromatic carbocycles. The van der Waals surface area contributed by atoms with E-state index in [1.807, 2.05) is 13.0 Å². The van der Waals surface area contributed by atoms with Crippen LogP contribution >= 0.6 is 0 Å². The summed E-state index contributed by atoms with van der Waals surface area (Å²) >= 11 is 0. The number of nitrogens with zero attached hydrogens (tertiary/aromatic N) is 2. The van der Waals surface area contributed by atoms with Crippen LogP contribution < -0.4 is 0 Å². The molecule has 1 N–H and O–H groups in total. The smallest absolute Gasteiger partial charge is 0.272 e. The van der Waals surface area contributed by atoms with Gasteiger partial charge in [0.15, 0.2) is 0 Å². The van der Waals surface area contributed by atoms with Crippen molar-refractivity contribution >= 4 is 5.91 Å². The molecule has 106 valence electrons. The maximum absolute atomic E-state index is 12.1. The highest BCUT2D eigenvalue weighted by Crippen LogP contribution is 2.21. The van der Waals surface area contributed by atoms with Gasteiger partial charge in [-0.05, 0) is 23.0 Å². The van der Waals surface area contributed by atoms with Crippen LogP contribution in [0.5, 0.6) is 0 Å². The van der Waals surface area contributed by atoms with Crippen LogP contribution in [0.25, 0.3) is 0 Å². The van der Waals surface area contributed by atoms with Crippen LogP contribution in [0.3, 0.4) is 0 Å². The molecule has 1 atom stereocenters. The average molecular weight is 264 g/mol. The van der Waals surface area contributed by atoms with E-state index in [0.717, 1.165) is 5.56 Å². The Bertz CT molecular complexity index is 421. The van der Waals surface area contributed by atoms with E-state index in [9.17, 15) is 4.79 Å². The van der Waals surface area contributed by atoms with Crippen molar-refractivity contribution in [2.45, 2.75) is 33.1 Å². The lowest BCUT2D eigenvalue weighted by molar-refractivity contribution is 0.0751. The van der Waals surface area contributed by atoms with Crippen LogP contribution in [0.15, 0.2) is 18.3 Å². The normalized spacial score (nSPS) is 13.2. The second kappa shape index (κ2) is 6.15. The SMILES string of the molecule is CC(CO)CN(C)C(=O)c1ccc(C(C)(C)C)cn1. The van der Waals surface area contributed by atoms with Crippen molar-refractivity contribution in [3.05, 3.63) is 29.6 Å². The Morgan fingerprint density at radius 2 is 2.05 bits per heavy atom. The lowest BCUT2D eigenvalue weighted by Gasteiger charge is -2.21. The fourth-order valence-corrected chi connectivity index (χ4v) is 1.77. The molecule has 0 bridgehead atoms. The summed E-state index contributed by atoms with van der Waals surface area (Å²) in [5, 5.41) is 9.01. The number of aliphatic hydroxyl groups is 1. The highest BCUT2D eigenvalue weighted by atomic mass is 16.3. The number of aromatic nitrogens is 1. The molecule has 1 amide bonds. The maximum Gasteiger partial charge on any atom is 0.272 e. The summed E-state index contributed by atoms with van der Waals surface area (Å²) in [6.45, 7) is 8.84. The first kappa shape index (κ1) is 15.6. The van der Waals surface area contributed by atoms with Crippen LogP contribution in [-0.2, 0) is 5.41 Å². The summed E-state index contributed by atoms with van der Waals surface area (Å²) in [6, 6.07) is 3.71. The van der Waals surface area contributed by atoms with E-state index in [0.29, 0.717) is 12.2 Å². The fourth-order valence-electron chi connectivity index (χ4n) is 1.77. The van der Waals surface area contributed by atoms with Gasteiger partial charge in [0.25, 0.3) is 5.91 Å². The molecule has 0 spiro atoms. The second-order valence-electron chi connectivity index (χ2n) is 6.16. The molecule has 0 radical (unpaired) electrons. The van der Waals surface area contributed by atoms with Gasteiger partial charge in [-0.1, -0.05) is 33.8 Å². The standard InChI is InChI=1S/C15H24N2O2/c1-11(10-18)9-17(5)14(19)13-7-6-12(8-16-13)15(2,3)4/h6-8,11,18H,9-10H2,1-5H3. The Balaban J connectivity index is 2.78. The minimum atomic E-state index is -0.110. The number of carbonyl (C=O) groups excluding carboxylic acids is 1. The monoisotopic (exact) mass is 264 g/mol. The predicted octanol–water partition coefficient (Wildman–Crippen LogP) is 2.08. The Morgan fingerprint density at radius 1 is 1.42 bits per heavy atom. The third-order valence-electron chi connectivity index (χ3n) is 3.09. The van der Waals surface area contributed by atoms with E-state index < -0.39 is 0 Å². The summed E-state index contributed by atoms with van der Waals surface area (Å²) in [5.74, 6) is -0.0384. The van der Waals surface area contributed by atoms with Gasteiger partial charge < -0.3 is 10.0 Å². The number of amides is 1. The first-order valence-corrected chi connectivity index (χ1v) is 6.58. The van der Waals surface area contributed by atoms with Gasteiger partial charge >= 0.3 is 0 Å². The van der Waals surface area contributed by atoms with E-state index in [1.54, 1.807) is 24.2 Å². The molecule has 0 fully saturated rings. The fraction of sp³-hybridized carbons (Fsp3) is 0.600. The molecule has 1 rings (SSSR count). The van der Waals surface area contributed by atoms with Gasteiger partial charge in [0, 0.05) is 26.4 Å². The molecule has 4 nitrogen and oxygen atoms in total. The van der Waals surface area contributed by atoms with Crippen LogP contribution in [-0.4, -0.2) is 41.1 Å². The largest absolute Gasteiger partial charge is 0.396 e. The van der Waals surface area contributed by atoms with Gasteiger partial charge in [-0.3, -0.25) is 9.78 Å². The number of rotatable bonds is 4. The topological polar surface area (TPSA) is 53.4 Å². The van der Waals surface area contributed by atoms with E-state index in [-0.39, 0.29) is 23.8 Å². The highest BCUT2D eigenvalue weighted by Gasteiger charge is 2.18. The molecule has 0 aliphatic carbocycles. The molecule has 0 aliphatic rings. The van der Waals surface area contributed by atoms with Crippen LogP contribution in [0.1, 0.15) is 43.7 Å². The van der Waals surface area contributed by atoms with Gasteiger partial charge in [0.05, 0.1) is 0 Å². The zero-order valence-electron chi connectivity index (χ0n) is 12.5. The summed E-state index contributed by atoms with van der Waals surface area (Å²) in [5.41, 5.74) is 1.59. The quantitative estimate of drug-likeness (QED) is 0.906. The van der Waals surface area contributed by atoms with Crippen molar-refractivity contribution in [2.24, 2.45) is 5.92 Å². The zero-order chi connectivity index (χ0) is 14.6. The number of aliphatic hydroxyl groups excluding tert-OH is 1. The van der Waals surface area contributed by atoms with E-state index in [1.165, 1.54) is 0 Å². The Hall–Kier alpha value is -1.42. The first-order chi connectivity index (χ1) is 8.75. The maximum atomic E-state index is 12.1. The Morgan fingerprint density at radius 3 is 2.47 bits per heavy atom. The van der Waals surface area contributed by atoms with Crippen molar-refractivity contribution in [3.8, 4) is 0 Å². The van der Waals surface area contributed by atoms with Gasteiger partial charge in [0.1, 0.15) is 5.69 Å². The Kier molecular flexibility index (Phi) is 5.06.